The zero-order valence-corrected chi connectivity index (χ0v) is 17.9. The molecule has 0 amide bonds. The molecule has 28 heavy (non-hydrogen) atoms. The molecule has 1 aliphatic heterocycles. The van der Waals surface area contributed by atoms with E-state index in [1.54, 1.807) is 6.07 Å². The van der Waals surface area contributed by atoms with Crippen LogP contribution >= 0.6 is 0 Å². The van der Waals surface area contributed by atoms with Crippen molar-refractivity contribution >= 4 is 31.5 Å². The van der Waals surface area contributed by atoms with Crippen molar-refractivity contribution in [2.75, 3.05) is 43.8 Å². The molecule has 0 spiro atoms. The van der Waals surface area contributed by atoms with Gasteiger partial charge in [-0.3, -0.25) is 4.79 Å². The van der Waals surface area contributed by atoms with E-state index in [2.05, 4.69) is 9.72 Å². The SMILES string of the molecule is CC[C@H]1COCCN1c1cc(CS(C)(=O)=O)cc(S(=O)(=O)CCC(=O)OC)n1. The molecule has 0 unspecified atom stereocenters. The summed E-state index contributed by atoms with van der Waals surface area (Å²) in [7, 11) is -6.09. The highest BCUT2D eigenvalue weighted by Crippen LogP contribution is 2.25. The minimum atomic E-state index is -3.89. The Morgan fingerprint density at radius 2 is 2.04 bits per heavy atom. The molecule has 1 aromatic rings. The average molecular weight is 435 g/mol. The van der Waals surface area contributed by atoms with Gasteiger partial charge in [-0.25, -0.2) is 21.8 Å². The molecule has 0 N–H and O–H groups in total. The minimum Gasteiger partial charge on any atom is -0.469 e. The Kier molecular flexibility index (Phi) is 7.40. The van der Waals surface area contributed by atoms with E-state index in [0.717, 1.165) is 12.7 Å². The third-order valence-electron chi connectivity index (χ3n) is 4.39. The standard InChI is InChI=1S/C17H26N2O7S2/c1-4-14-11-26-7-6-19(14)15-9-13(12-27(3,21)22)10-16(18-15)28(23,24)8-5-17(20)25-2/h9-10,14H,4-8,11-12H2,1-3H3/t14-/m0/s1. The third kappa shape index (κ3) is 6.14. The van der Waals surface area contributed by atoms with Crippen LogP contribution in [0.4, 0.5) is 5.82 Å². The zero-order chi connectivity index (χ0) is 20.9. The van der Waals surface area contributed by atoms with Gasteiger partial charge in [-0.2, -0.15) is 0 Å². The van der Waals surface area contributed by atoms with Gasteiger partial charge in [0.2, 0.25) is 0 Å². The second-order valence-corrected chi connectivity index (χ2v) is 10.9. The van der Waals surface area contributed by atoms with E-state index in [9.17, 15) is 21.6 Å². The summed E-state index contributed by atoms with van der Waals surface area (Å²) in [5.41, 5.74) is 0.338. The summed E-state index contributed by atoms with van der Waals surface area (Å²) in [5.74, 6) is -1.01. The fourth-order valence-electron chi connectivity index (χ4n) is 2.96. The van der Waals surface area contributed by atoms with E-state index in [-0.39, 0.29) is 23.2 Å². The van der Waals surface area contributed by atoms with Crippen LogP contribution in [-0.2, 0) is 39.7 Å². The number of pyridine rings is 1. The molecule has 0 bridgehead atoms. The van der Waals surface area contributed by atoms with E-state index in [4.69, 9.17) is 4.74 Å². The molecular weight excluding hydrogens is 408 g/mol. The molecule has 1 atom stereocenters. The Morgan fingerprint density at radius 3 is 2.64 bits per heavy atom. The monoisotopic (exact) mass is 434 g/mol. The Hall–Kier alpha value is -1.72. The van der Waals surface area contributed by atoms with E-state index in [0.29, 0.717) is 31.1 Å². The first kappa shape index (κ1) is 22.6. The van der Waals surface area contributed by atoms with Gasteiger partial charge in [-0.05, 0) is 24.1 Å². The van der Waals surface area contributed by atoms with Crippen LogP contribution in [0.3, 0.4) is 0 Å². The fraction of sp³-hybridized carbons (Fsp3) is 0.647. The summed E-state index contributed by atoms with van der Waals surface area (Å²) in [6.45, 7) is 3.47. The van der Waals surface area contributed by atoms with Crippen molar-refractivity contribution in [3.05, 3.63) is 17.7 Å². The van der Waals surface area contributed by atoms with Crippen molar-refractivity contribution in [2.24, 2.45) is 0 Å². The number of sulfone groups is 2. The lowest BCUT2D eigenvalue weighted by molar-refractivity contribution is -0.140. The van der Waals surface area contributed by atoms with Crippen molar-refractivity contribution in [1.29, 1.82) is 0 Å². The molecule has 2 heterocycles. The smallest absolute Gasteiger partial charge is 0.306 e. The summed E-state index contributed by atoms with van der Waals surface area (Å²) in [5, 5.41) is -0.242. The van der Waals surface area contributed by atoms with Gasteiger partial charge in [0.25, 0.3) is 0 Å². The number of morpholine rings is 1. The van der Waals surface area contributed by atoms with E-state index in [1.165, 1.54) is 13.2 Å². The van der Waals surface area contributed by atoms with Gasteiger partial charge in [-0.1, -0.05) is 6.92 Å². The molecule has 158 valence electrons. The lowest BCUT2D eigenvalue weighted by Crippen LogP contribution is -2.45. The molecule has 9 nitrogen and oxygen atoms in total. The average Bonchev–Trinajstić information content (AvgIpc) is 2.64. The quantitative estimate of drug-likeness (QED) is 0.541. The molecule has 2 rings (SSSR count). The third-order valence-corrected chi connectivity index (χ3v) is 6.84. The number of nitrogens with zero attached hydrogens (tertiary/aromatic N) is 2. The lowest BCUT2D eigenvalue weighted by Gasteiger charge is -2.36. The molecule has 0 aromatic carbocycles. The minimum absolute atomic E-state index is 0.0142. The van der Waals surface area contributed by atoms with Crippen LogP contribution in [-0.4, -0.2) is 72.7 Å². The highest BCUT2D eigenvalue weighted by molar-refractivity contribution is 7.91. The van der Waals surface area contributed by atoms with Crippen molar-refractivity contribution < 1.29 is 31.1 Å². The highest BCUT2D eigenvalue weighted by atomic mass is 32.2. The van der Waals surface area contributed by atoms with Gasteiger partial charge in [0.05, 0.1) is 44.3 Å². The van der Waals surface area contributed by atoms with Crippen LogP contribution < -0.4 is 4.90 Å². The fourth-order valence-corrected chi connectivity index (χ4v) is 4.94. The van der Waals surface area contributed by atoms with Crippen LogP contribution in [0.15, 0.2) is 17.2 Å². The van der Waals surface area contributed by atoms with Crippen LogP contribution in [0.5, 0.6) is 0 Å². The Balaban J connectivity index is 2.46. The van der Waals surface area contributed by atoms with E-state index in [1.807, 2.05) is 11.8 Å². The summed E-state index contributed by atoms with van der Waals surface area (Å²) in [6.07, 6.45) is 1.55. The van der Waals surface area contributed by atoms with E-state index < -0.39 is 31.4 Å². The van der Waals surface area contributed by atoms with Crippen LogP contribution in [0.25, 0.3) is 0 Å². The van der Waals surface area contributed by atoms with Gasteiger partial charge in [0.1, 0.15) is 5.82 Å². The maximum atomic E-state index is 12.7. The molecular formula is C17H26N2O7S2. The maximum absolute atomic E-state index is 12.7. The number of carbonyl (C=O) groups is 1. The Morgan fingerprint density at radius 1 is 1.32 bits per heavy atom. The molecule has 1 aliphatic rings. The number of hydrogen-bond acceptors (Lipinski definition) is 9. The van der Waals surface area contributed by atoms with Crippen molar-refractivity contribution in [2.45, 2.75) is 36.6 Å². The van der Waals surface area contributed by atoms with Crippen LogP contribution in [0.2, 0.25) is 0 Å². The van der Waals surface area contributed by atoms with Crippen molar-refractivity contribution in [3.8, 4) is 0 Å². The molecule has 0 saturated carbocycles. The van der Waals surface area contributed by atoms with Gasteiger partial charge in [0, 0.05) is 12.8 Å². The van der Waals surface area contributed by atoms with Gasteiger partial charge in [-0.15, -0.1) is 0 Å². The van der Waals surface area contributed by atoms with Crippen molar-refractivity contribution in [1.82, 2.24) is 4.98 Å². The molecule has 1 fully saturated rings. The number of ether oxygens (including phenoxy) is 2. The molecule has 11 heteroatoms. The predicted octanol–water partition coefficient (Wildman–Crippen LogP) is 0.578. The van der Waals surface area contributed by atoms with Gasteiger partial charge in [0.15, 0.2) is 24.7 Å². The first-order valence-electron chi connectivity index (χ1n) is 8.88. The lowest BCUT2D eigenvalue weighted by atomic mass is 10.1. The van der Waals surface area contributed by atoms with Crippen LogP contribution in [0.1, 0.15) is 25.3 Å². The second kappa shape index (κ2) is 9.19. The summed E-state index contributed by atoms with van der Waals surface area (Å²) in [4.78, 5) is 17.6. The summed E-state index contributed by atoms with van der Waals surface area (Å²) < 4.78 is 58.9. The number of aromatic nitrogens is 1. The molecule has 0 aliphatic carbocycles. The number of carbonyl (C=O) groups excluding carboxylic acids is 1. The summed E-state index contributed by atoms with van der Waals surface area (Å²) in [6, 6.07) is 2.88. The predicted molar refractivity (Wildman–Crippen MR) is 104 cm³/mol. The Labute approximate surface area is 165 Å². The number of rotatable bonds is 8. The topological polar surface area (TPSA) is 120 Å². The number of esters is 1. The normalized spacial score (nSPS) is 18.1. The molecule has 1 aromatic heterocycles. The second-order valence-electron chi connectivity index (χ2n) is 6.72. The number of methoxy groups -OCH3 is 1. The number of anilines is 1. The van der Waals surface area contributed by atoms with E-state index >= 15 is 0 Å². The Bertz CT molecular complexity index is 913. The van der Waals surface area contributed by atoms with Gasteiger partial charge >= 0.3 is 5.97 Å². The molecule has 1 saturated heterocycles. The molecule has 0 radical (unpaired) electrons. The first-order valence-corrected chi connectivity index (χ1v) is 12.6. The first-order chi connectivity index (χ1) is 13.1. The van der Waals surface area contributed by atoms with Gasteiger partial charge < -0.3 is 14.4 Å². The number of hydrogen-bond donors (Lipinski definition) is 0. The summed E-state index contributed by atoms with van der Waals surface area (Å²) >= 11 is 0. The van der Waals surface area contributed by atoms with Crippen LogP contribution in [0, 0.1) is 0 Å². The highest BCUT2D eigenvalue weighted by Gasteiger charge is 2.26. The largest absolute Gasteiger partial charge is 0.469 e. The maximum Gasteiger partial charge on any atom is 0.306 e. The van der Waals surface area contributed by atoms with Crippen molar-refractivity contribution in [3.63, 3.8) is 0 Å². The zero-order valence-electron chi connectivity index (χ0n) is 16.3.